The Morgan fingerprint density at radius 2 is 1.75 bits per heavy atom. The Balaban J connectivity index is 1.62. The van der Waals surface area contributed by atoms with Gasteiger partial charge in [0.1, 0.15) is 0 Å². The van der Waals surface area contributed by atoms with Crippen LogP contribution in [0.3, 0.4) is 0 Å². The predicted molar refractivity (Wildman–Crippen MR) is 93.5 cm³/mol. The van der Waals surface area contributed by atoms with Crippen LogP contribution in [0.1, 0.15) is 88.1 Å². The molecule has 0 radical (unpaired) electrons. The molecule has 0 saturated heterocycles. The molecule has 6 rings (SSSR count). The maximum atomic E-state index is 9.46. The molecule has 128 valence electrons. The van der Waals surface area contributed by atoms with Gasteiger partial charge in [0.15, 0.2) is 0 Å². The van der Waals surface area contributed by atoms with Crippen LogP contribution in [0.15, 0.2) is 0 Å². The van der Waals surface area contributed by atoms with Crippen LogP contribution in [0.4, 0.5) is 0 Å². The fraction of sp³-hybridized carbons (Fsp3) is 0.810. The minimum Gasteiger partial charge on any atom is -0.282 e. The largest absolute Gasteiger partial charge is 0.282 e. The van der Waals surface area contributed by atoms with Crippen LogP contribution in [0.2, 0.25) is 0 Å². The van der Waals surface area contributed by atoms with E-state index in [0.29, 0.717) is 17.8 Å². The van der Waals surface area contributed by atoms with Crippen LogP contribution in [0, 0.1) is 34.5 Å². The van der Waals surface area contributed by atoms with E-state index in [1.165, 1.54) is 55.5 Å². The number of hydrogen-bond acceptors (Lipinski definition) is 2. The smallest absolute Gasteiger partial charge is 0.0722 e. The van der Waals surface area contributed by atoms with Gasteiger partial charge < -0.3 is 0 Å². The van der Waals surface area contributed by atoms with Gasteiger partial charge in [-0.05, 0) is 74.5 Å². The molecule has 0 aromatic carbocycles. The Bertz CT molecular complexity index is 670. The zero-order valence-corrected chi connectivity index (χ0v) is 15.1. The second-order valence-electron chi connectivity index (χ2n) is 10.1. The quantitative estimate of drug-likeness (QED) is 0.846. The van der Waals surface area contributed by atoms with Crippen LogP contribution in [0.25, 0.3) is 0 Å². The van der Waals surface area contributed by atoms with Gasteiger partial charge in [-0.25, -0.2) is 0 Å². The zero-order chi connectivity index (χ0) is 16.5. The first-order valence-electron chi connectivity index (χ1n) is 9.95. The van der Waals surface area contributed by atoms with Crippen molar-refractivity contribution in [2.24, 2.45) is 23.2 Å². The molecule has 4 bridgehead atoms. The third-order valence-corrected chi connectivity index (χ3v) is 8.03. The fourth-order valence-corrected chi connectivity index (χ4v) is 7.24. The molecule has 1 unspecified atom stereocenters. The number of aryl methyl sites for hydroxylation is 1. The molecule has 1 aromatic heterocycles. The molecule has 4 saturated carbocycles. The topological polar surface area (TPSA) is 52.5 Å². The Kier molecular flexibility index (Phi) is 3.04. The van der Waals surface area contributed by atoms with Gasteiger partial charge in [0.05, 0.1) is 11.8 Å². The molecule has 0 aliphatic heterocycles. The summed E-state index contributed by atoms with van der Waals surface area (Å²) in [5.74, 6) is 3.17. The average Bonchev–Trinajstić information content (AvgIpc) is 2.93. The van der Waals surface area contributed by atoms with E-state index >= 15 is 0 Å². The summed E-state index contributed by atoms with van der Waals surface area (Å²) in [5, 5.41) is 17.8. The van der Waals surface area contributed by atoms with E-state index in [9.17, 15) is 5.26 Å². The fourth-order valence-electron chi connectivity index (χ4n) is 7.24. The van der Waals surface area contributed by atoms with Crippen molar-refractivity contribution in [2.45, 2.75) is 83.0 Å². The summed E-state index contributed by atoms with van der Waals surface area (Å²) in [5.41, 5.74) is 4.75. The summed E-state index contributed by atoms with van der Waals surface area (Å²) in [6.07, 6.45) is 11.4. The standard InChI is InChI=1S/C21H29N3/c1-20(2)5-3-17-18(16(20)4-6-22)19(24-23-17)21-10-13-7-14(11-21)9-15(8-13)12-21/h13-16H,3-5,7-12H2,1-2H3,(H,23,24). The van der Waals surface area contributed by atoms with E-state index in [-0.39, 0.29) is 5.41 Å². The lowest BCUT2D eigenvalue weighted by atomic mass is 9.48. The average molecular weight is 323 g/mol. The van der Waals surface area contributed by atoms with Gasteiger partial charge >= 0.3 is 0 Å². The SMILES string of the molecule is CC1(C)CCc2[nH]nc(C34CC5CC(CC(C5)C3)C4)c2C1CC#N. The number of aromatic nitrogens is 2. The van der Waals surface area contributed by atoms with Crippen molar-refractivity contribution < 1.29 is 0 Å². The molecule has 5 aliphatic rings. The number of aromatic amines is 1. The van der Waals surface area contributed by atoms with Crippen LogP contribution in [0.5, 0.6) is 0 Å². The van der Waals surface area contributed by atoms with E-state index in [0.717, 1.165) is 30.6 Å². The van der Waals surface area contributed by atoms with Crippen molar-refractivity contribution in [3.8, 4) is 6.07 Å². The first-order valence-corrected chi connectivity index (χ1v) is 9.95. The summed E-state index contributed by atoms with van der Waals surface area (Å²) in [7, 11) is 0. The molecule has 1 N–H and O–H groups in total. The van der Waals surface area contributed by atoms with E-state index in [1.54, 1.807) is 0 Å². The predicted octanol–water partition coefficient (Wildman–Crippen LogP) is 4.85. The maximum Gasteiger partial charge on any atom is 0.0722 e. The molecule has 0 amide bonds. The summed E-state index contributed by atoms with van der Waals surface area (Å²) in [6, 6.07) is 2.48. The monoisotopic (exact) mass is 323 g/mol. The van der Waals surface area contributed by atoms with Gasteiger partial charge in [0, 0.05) is 29.0 Å². The van der Waals surface area contributed by atoms with Crippen LogP contribution in [-0.4, -0.2) is 10.2 Å². The zero-order valence-electron chi connectivity index (χ0n) is 15.1. The molecule has 0 spiro atoms. The highest BCUT2D eigenvalue weighted by atomic mass is 15.1. The minimum atomic E-state index is 0.212. The molecule has 1 heterocycles. The summed E-state index contributed by atoms with van der Waals surface area (Å²) in [4.78, 5) is 0. The lowest BCUT2D eigenvalue weighted by molar-refractivity contribution is -0.00811. The van der Waals surface area contributed by atoms with Crippen LogP contribution in [-0.2, 0) is 11.8 Å². The van der Waals surface area contributed by atoms with Crippen molar-refractivity contribution >= 4 is 0 Å². The van der Waals surface area contributed by atoms with Crippen molar-refractivity contribution in [3.63, 3.8) is 0 Å². The van der Waals surface area contributed by atoms with E-state index in [4.69, 9.17) is 5.10 Å². The van der Waals surface area contributed by atoms with Crippen molar-refractivity contribution in [1.82, 2.24) is 10.2 Å². The first kappa shape index (κ1) is 15.0. The van der Waals surface area contributed by atoms with Gasteiger partial charge in [-0.1, -0.05) is 13.8 Å². The number of hydrogen-bond donors (Lipinski definition) is 1. The molecule has 5 aliphatic carbocycles. The number of nitrogens with zero attached hydrogens (tertiary/aromatic N) is 2. The van der Waals surface area contributed by atoms with E-state index < -0.39 is 0 Å². The Hall–Kier alpha value is -1.30. The number of fused-ring (bicyclic) bond motifs is 1. The normalized spacial score (nSPS) is 41.9. The Labute approximate surface area is 145 Å². The van der Waals surface area contributed by atoms with Crippen LogP contribution < -0.4 is 0 Å². The third-order valence-electron chi connectivity index (χ3n) is 8.03. The van der Waals surface area contributed by atoms with Gasteiger partial charge in [0.2, 0.25) is 0 Å². The molecule has 1 atom stereocenters. The van der Waals surface area contributed by atoms with E-state index in [1.807, 2.05) is 0 Å². The molecule has 4 fully saturated rings. The number of nitriles is 1. The van der Waals surface area contributed by atoms with Gasteiger partial charge in [-0.3, -0.25) is 5.10 Å². The molecular formula is C21H29N3. The highest BCUT2D eigenvalue weighted by Gasteiger charge is 2.54. The van der Waals surface area contributed by atoms with Crippen LogP contribution >= 0.6 is 0 Å². The van der Waals surface area contributed by atoms with Gasteiger partial charge in [-0.2, -0.15) is 10.4 Å². The molecule has 3 nitrogen and oxygen atoms in total. The minimum absolute atomic E-state index is 0.212. The van der Waals surface area contributed by atoms with Gasteiger partial charge in [0.25, 0.3) is 0 Å². The number of nitrogens with one attached hydrogen (secondary N) is 1. The van der Waals surface area contributed by atoms with Crippen molar-refractivity contribution in [2.75, 3.05) is 0 Å². The highest BCUT2D eigenvalue weighted by molar-refractivity contribution is 5.40. The summed E-state index contributed by atoms with van der Waals surface area (Å²) < 4.78 is 0. The Morgan fingerprint density at radius 1 is 1.12 bits per heavy atom. The third kappa shape index (κ3) is 1.98. The lowest BCUT2D eigenvalue weighted by Crippen LogP contribution is -2.49. The highest BCUT2D eigenvalue weighted by Crippen LogP contribution is 2.62. The molecule has 1 aromatic rings. The molecule has 3 heteroatoms. The molecule has 24 heavy (non-hydrogen) atoms. The maximum absolute atomic E-state index is 9.46. The number of H-pyrrole nitrogens is 1. The summed E-state index contributed by atoms with van der Waals surface area (Å²) in [6.45, 7) is 4.71. The lowest BCUT2D eigenvalue weighted by Gasteiger charge is -2.56. The molecular weight excluding hydrogens is 294 g/mol. The first-order chi connectivity index (χ1) is 11.5. The van der Waals surface area contributed by atoms with Crippen molar-refractivity contribution in [1.29, 1.82) is 5.26 Å². The summed E-state index contributed by atoms with van der Waals surface area (Å²) >= 11 is 0. The van der Waals surface area contributed by atoms with E-state index in [2.05, 4.69) is 25.0 Å². The van der Waals surface area contributed by atoms with Crippen molar-refractivity contribution in [3.05, 3.63) is 17.0 Å². The second kappa shape index (κ2) is 4.87. The Morgan fingerprint density at radius 3 is 2.33 bits per heavy atom. The number of rotatable bonds is 2. The second-order valence-corrected chi connectivity index (χ2v) is 10.1. The van der Waals surface area contributed by atoms with Gasteiger partial charge in [-0.15, -0.1) is 0 Å².